The normalized spacial score (nSPS) is 14.8. The Morgan fingerprint density at radius 2 is 2.05 bits per heavy atom. The van der Waals surface area contributed by atoms with Crippen molar-refractivity contribution in [3.8, 4) is 0 Å². The average molecular weight is 345 g/mol. The lowest BCUT2D eigenvalue weighted by Gasteiger charge is -2.09. The number of nitrogens with zero attached hydrogens (tertiary/aromatic N) is 1. The molecule has 0 aliphatic heterocycles. The van der Waals surface area contributed by atoms with Crippen molar-refractivity contribution < 1.29 is 14.3 Å². The van der Waals surface area contributed by atoms with Gasteiger partial charge in [0.2, 0.25) is 0 Å². The van der Waals surface area contributed by atoms with Gasteiger partial charge in [0.05, 0.1) is 10.0 Å². The number of nitrogens with one attached hydrogen (secondary N) is 1. The number of esters is 1. The Morgan fingerprint density at radius 3 is 2.73 bits per heavy atom. The summed E-state index contributed by atoms with van der Waals surface area (Å²) in [5.41, 5.74) is 0. The molecule has 1 fully saturated rings. The van der Waals surface area contributed by atoms with Gasteiger partial charge >= 0.3 is 5.97 Å². The number of carbonyl (C=O) groups excluding carboxylic acids is 2. The fourth-order valence-corrected chi connectivity index (χ4v) is 2.94. The highest BCUT2D eigenvalue weighted by Gasteiger charge is 2.17. The second-order valence-corrected chi connectivity index (χ2v) is 6.23. The maximum absolute atomic E-state index is 11.7. The molecule has 1 saturated carbocycles. The Kier molecular flexibility index (Phi) is 6.46. The quantitative estimate of drug-likeness (QED) is 0.796. The summed E-state index contributed by atoms with van der Waals surface area (Å²) in [6.07, 6.45) is 7.44. The fraction of sp³-hybridized carbons (Fsp3) is 0.533. The van der Waals surface area contributed by atoms with Crippen LogP contribution in [0.5, 0.6) is 0 Å². The Morgan fingerprint density at radius 1 is 1.32 bits per heavy atom. The van der Waals surface area contributed by atoms with Crippen LogP contribution in [0.25, 0.3) is 0 Å². The van der Waals surface area contributed by atoms with Crippen molar-refractivity contribution in [3.05, 3.63) is 22.3 Å². The van der Waals surface area contributed by atoms with Crippen molar-refractivity contribution in [2.24, 2.45) is 5.92 Å². The first kappa shape index (κ1) is 17.0. The van der Waals surface area contributed by atoms with Gasteiger partial charge in [0, 0.05) is 12.6 Å². The van der Waals surface area contributed by atoms with Gasteiger partial charge < -0.3 is 10.1 Å². The molecule has 22 heavy (non-hydrogen) atoms. The molecule has 5 nitrogen and oxygen atoms in total. The van der Waals surface area contributed by atoms with Crippen molar-refractivity contribution in [2.75, 3.05) is 11.9 Å². The van der Waals surface area contributed by atoms with E-state index in [9.17, 15) is 9.59 Å². The Bertz CT molecular complexity index is 546. The van der Waals surface area contributed by atoms with E-state index in [0.717, 1.165) is 6.42 Å². The summed E-state index contributed by atoms with van der Waals surface area (Å²) in [5, 5.41) is 3.08. The molecule has 1 aliphatic rings. The minimum absolute atomic E-state index is 0.193. The van der Waals surface area contributed by atoms with Gasteiger partial charge in [-0.3, -0.25) is 9.59 Å². The molecule has 0 atom stereocenters. The van der Waals surface area contributed by atoms with Gasteiger partial charge in [-0.1, -0.05) is 48.9 Å². The number of amides is 1. The van der Waals surface area contributed by atoms with Crippen LogP contribution in [0, 0.1) is 5.92 Å². The number of carbonyl (C=O) groups is 2. The lowest BCUT2D eigenvalue weighted by atomic mass is 10.0. The molecule has 0 spiro atoms. The second-order valence-electron chi connectivity index (χ2n) is 5.38. The average Bonchev–Trinajstić information content (AvgIpc) is 2.99. The molecule has 1 aromatic rings. The van der Waals surface area contributed by atoms with Gasteiger partial charge in [-0.05, 0) is 18.4 Å². The van der Waals surface area contributed by atoms with Gasteiger partial charge in [0.15, 0.2) is 12.4 Å². The predicted octanol–water partition coefficient (Wildman–Crippen LogP) is 3.84. The van der Waals surface area contributed by atoms with Crippen LogP contribution in [-0.4, -0.2) is 23.5 Å². The highest BCUT2D eigenvalue weighted by Crippen LogP contribution is 2.28. The van der Waals surface area contributed by atoms with E-state index in [4.69, 9.17) is 27.9 Å². The first-order valence-corrected chi connectivity index (χ1v) is 8.06. The molecular weight excluding hydrogens is 327 g/mol. The van der Waals surface area contributed by atoms with E-state index in [1.807, 2.05) is 0 Å². The van der Waals surface area contributed by atoms with E-state index in [-0.39, 0.29) is 23.4 Å². The molecule has 1 amide bonds. The maximum Gasteiger partial charge on any atom is 0.306 e. The van der Waals surface area contributed by atoms with Gasteiger partial charge in [-0.2, -0.15) is 0 Å². The molecule has 1 heterocycles. The van der Waals surface area contributed by atoms with Gasteiger partial charge in [-0.25, -0.2) is 4.98 Å². The van der Waals surface area contributed by atoms with E-state index < -0.39 is 5.91 Å². The van der Waals surface area contributed by atoms with Crippen LogP contribution in [0.1, 0.15) is 38.5 Å². The summed E-state index contributed by atoms with van der Waals surface area (Å²) >= 11 is 11.6. The number of hydrogen-bond donors (Lipinski definition) is 1. The van der Waals surface area contributed by atoms with Gasteiger partial charge in [-0.15, -0.1) is 0 Å². The van der Waals surface area contributed by atoms with E-state index in [0.29, 0.717) is 17.4 Å². The zero-order valence-electron chi connectivity index (χ0n) is 12.1. The molecule has 7 heteroatoms. The van der Waals surface area contributed by atoms with Crippen LogP contribution in [-0.2, 0) is 14.3 Å². The molecule has 1 N–H and O–H groups in total. The molecule has 0 bridgehead atoms. The number of halogens is 2. The summed E-state index contributed by atoms with van der Waals surface area (Å²) in [6.45, 7) is -0.343. The largest absolute Gasteiger partial charge is 0.456 e. The third-order valence-electron chi connectivity index (χ3n) is 3.66. The van der Waals surface area contributed by atoms with Crippen molar-refractivity contribution in [1.29, 1.82) is 0 Å². The molecule has 0 radical (unpaired) electrons. The van der Waals surface area contributed by atoms with Crippen LogP contribution in [0.4, 0.5) is 5.82 Å². The lowest BCUT2D eigenvalue weighted by molar-refractivity contribution is -0.147. The summed E-state index contributed by atoms with van der Waals surface area (Å²) in [7, 11) is 0. The third-order valence-corrected chi connectivity index (χ3v) is 4.16. The van der Waals surface area contributed by atoms with Gasteiger partial charge in [0.1, 0.15) is 0 Å². The van der Waals surface area contributed by atoms with Crippen LogP contribution >= 0.6 is 23.2 Å². The summed E-state index contributed by atoms with van der Waals surface area (Å²) < 4.78 is 4.95. The smallest absolute Gasteiger partial charge is 0.306 e. The molecule has 0 aromatic carbocycles. The number of rotatable bonds is 6. The predicted molar refractivity (Wildman–Crippen MR) is 85.0 cm³/mol. The SMILES string of the molecule is O=C(COC(=O)CCC1CCCC1)Nc1ncc(Cl)cc1Cl. The number of anilines is 1. The van der Waals surface area contributed by atoms with Crippen molar-refractivity contribution in [2.45, 2.75) is 38.5 Å². The minimum atomic E-state index is -0.481. The van der Waals surface area contributed by atoms with Crippen molar-refractivity contribution in [3.63, 3.8) is 0 Å². The highest BCUT2D eigenvalue weighted by molar-refractivity contribution is 6.36. The molecular formula is C15H18Cl2N2O3. The molecule has 120 valence electrons. The van der Waals surface area contributed by atoms with Crippen LogP contribution < -0.4 is 5.32 Å². The maximum atomic E-state index is 11.7. The van der Waals surface area contributed by atoms with Gasteiger partial charge in [0.25, 0.3) is 5.91 Å². The Labute approximate surface area is 139 Å². The van der Waals surface area contributed by atoms with Crippen molar-refractivity contribution in [1.82, 2.24) is 4.98 Å². The molecule has 2 rings (SSSR count). The monoisotopic (exact) mass is 344 g/mol. The summed E-state index contributed by atoms with van der Waals surface area (Å²) in [4.78, 5) is 27.2. The van der Waals surface area contributed by atoms with Crippen LogP contribution in [0.15, 0.2) is 12.3 Å². The molecule has 1 aliphatic carbocycles. The van der Waals surface area contributed by atoms with E-state index >= 15 is 0 Å². The van der Waals surface area contributed by atoms with Crippen molar-refractivity contribution >= 4 is 40.9 Å². The topological polar surface area (TPSA) is 68.3 Å². The zero-order chi connectivity index (χ0) is 15.9. The van der Waals surface area contributed by atoms with E-state index in [1.165, 1.54) is 37.9 Å². The molecule has 1 aromatic heterocycles. The number of hydrogen-bond acceptors (Lipinski definition) is 4. The summed E-state index contributed by atoms with van der Waals surface area (Å²) in [5.74, 6) is -0.0142. The Balaban J connectivity index is 1.69. The number of aromatic nitrogens is 1. The van der Waals surface area contributed by atoms with Crippen LogP contribution in [0.3, 0.4) is 0 Å². The van der Waals surface area contributed by atoms with E-state index in [2.05, 4.69) is 10.3 Å². The fourth-order valence-electron chi connectivity index (χ4n) is 2.51. The number of pyridine rings is 1. The minimum Gasteiger partial charge on any atom is -0.456 e. The first-order chi connectivity index (χ1) is 10.5. The number of ether oxygens (including phenoxy) is 1. The van der Waals surface area contributed by atoms with E-state index in [1.54, 1.807) is 0 Å². The molecule has 0 unspecified atom stereocenters. The third kappa shape index (κ3) is 5.46. The highest BCUT2D eigenvalue weighted by atomic mass is 35.5. The standard InChI is InChI=1S/C15H18Cl2N2O3/c16-11-7-12(17)15(18-8-11)19-13(20)9-22-14(21)6-5-10-3-1-2-4-10/h7-8,10H,1-6,9H2,(H,18,19,20). The molecule has 0 saturated heterocycles. The summed E-state index contributed by atoms with van der Waals surface area (Å²) in [6, 6.07) is 1.47. The lowest BCUT2D eigenvalue weighted by Crippen LogP contribution is -2.21. The Hall–Kier alpha value is -1.33. The zero-order valence-corrected chi connectivity index (χ0v) is 13.6. The van der Waals surface area contributed by atoms with Crippen LogP contribution in [0.2, 0.25) is 10.0 Å². The first-order valence-electron chi connectivity index (χ1n) is 7.31. The second kappa shape index (κ2) is 8.34.